The highest BCUT2D eigenvalue weighted by Gasteiger charge is 2.26. The first-order chi connectivity index (χ1) is 8.16. The summed E-state index contributed by atoms with van der Waals surface area (Å²) in [5.74, 6) is 0. The fourth-order valence-electron chi connectivity index (χ4n) is 3.07. The molecule has 3 nitrogen and oxygen atoms in total. The molecule has 2 rings (SSSR count). The van der Waals surface area contributed by atoms with E-state index in [-0.39, 0.29) is 0 Å². The molecule has 2 unspecified atom stereocenters. The predicted molar refractivity (Wildman–Crippen MR) is 71.3 cm³/mol. The summed E-state index contributed by atoms with van der Waals surface area (Å²) in [5, 5.41) is 0. The Labute approximate surface area is 106 Å². The van der Waals surface area contributed by atoms with Crippen LogP contribution in [-0.4, -0.2) is 60.8 Å². The quantitative estimate of drug-likeness (QED) is 0.747. The van der Waals surface area contributed by atoms with E-state index in [1.54, 1.807) is 0 Å². The third kappa shape index (κ3) is 3.67. The summed E-state index contributed by atoms with van der Waals surface area (Å²) in [4.78, 5) is 5.17. The van der Waals surface area contributed by atoms with Gasteiger partial charge in [-0.25, -0.2) is 0 Å². The Morgan fingerprint density at radius 2 is 1.76 bits per heavy atom. The van der Waals surface area contributed by atoms with Gasteiger partial charge in [-0.3, -0.25) is 4.90 Å². The first kappa shape index (κ1) is 13.3. The van der Waals surface area contributed by atoms with Crippen LogP contribution in [0.3, 0.4) is 0 Å². The van der Waals surface area contributed by atoms with Crippen molar-refractivity contribution in [2.24, 2.45) is 0 Å². The smallest absolute Gasteiger partial charge is 0.0717 e. The molecule has 100 valence electrons. The molecule has 0 saturated carbocycles. The van der Waals surface area contributed by atoms with Gasteiger partial charge < -0.3 is 9.64 Å². The van der Waals surface area contributed by atoms with Gasteiger partial charge in [-0.1, -0.05) is 0 Å². The minimum atomic E-state index is 0.446. The van der Waals surface area contributed by atoms with Crippen LogP contribution in [0.1, 0.15) is 40.0 Å². The van der Waals surface area contributed by atoms with Gasteiger partial charge >= 0.3 is 0 Å². The second-order valence-electron chi connectivity index (χ2n) is 5.91. The van der Waals surface area contributed by atoms with Gasteiger partial charge in [0.25, 0.3) is 0 Å². The molecule has 0 aliphatic carbocycles. The zero-order valence-corrected chi connectivity index (χ0v) is 11.7. The van der Waals surface area contributed by atoms with Crippen molar-refractivity contribution < 1.29 is 4.74 Å². The van der Waals surface area contributed by atoms with E-state index in [1.165, 1.54) is 32.4 Å². The lowest BCUT2D eigenvalue weighted by atomic mass is 10.1. The topological polar surface area (TPSA) is 15.7 Å². The van der Waals surface area contributed by atoms with E-state index < -0.39 is 0 Å². The Morgan fingerprint density at radius 1 is 1.06 bits per heavy atom. The molecular weight excluding hydrogens is 212 g/mol. The molecule has 2 aliphatic heterocycles. The molecule has 2 heterocycles. The van der Waals surface area contributed by atoms with Gasteiger partial charge in [0.1, 0.15) is 0 Å². The lowest BCUT2D eigenvalue weighted by Crippen LogP contribution is -2.47. The standard InChI is InChI=1S/C14H28N2O/c1-12(2)16-8-9-17-14(11-16)10-13(3)15-6-4-5-7-15/h12-14H,4-11H2,1-3H3. The van der Waals surface area contributed by atoms with Crippen molar-refractivity contribution in [3.05, 3.63) is 0 Å². The lowest BCUT2D eigenvalue weighted by Gasteiger charge is -2.37. The Morgan fingerprint density at radius 3 is 2.41 bits per heavy atom. The number of hydrogen-bond acceptors (Lipinski definition) is 3. The normalized spacial score (nSPS) is 30.0. The zero-order valence-electron chi connectivity index (χ0n) is 11.7. The minimum absolute atomic E-state index is 0.446. The fraction of sp³-hybridized carbons (Fsp3) is 1.00. The summed E-state index contributed by atoms with van der Waals surface area (Å²) in [7, 11) is 0. The maximum atomic E-state index is 5.92. The van der Waals surface area contributed by atoms with Gasteiger partial charge in [0.05, 0.1) is 12.7 Å². The van der Waals surface area contributed by atoms with Crippen molar-refractivity contribution in [3.63, 3.8) is 0 Å². The Bertz CT molecular complexity index is 226. The van der Waals surface area contributed by atoms with Crippen LogP contribution in [0.4, 0.5) is 0 Å². The first-order valence-electron chi connectivity index (χ1n) is 7.26. The summed E-state index contributed by atoms with van der Waals surface area (Å²) in [5.41, 5.74) is 0. The second-order valence-corrected chi connectivity index (χ2v) is 5.91. The van der Waals surface area contributed by atoms with Crippen LogP contribution in [-0.2, 0) is 4.74 Å². The summed E-state index contributed by atoms with van der Waals surface area (Å²) in [6, 6.07) is 1.35. The van der Waals surface area contributed by atoms with Crippen LogP contribution < -0.4 is 0 Å². The number of morpholine rings is 1. The molecule has 2 fully saturated rings. The van der Waals surface area contributed by atoms with Crippen LogP contribution in [0.5, 0.6) is 0 Å². The van der Waals surface area contributed by atoms with E-state index in [0.717, 1.165) is 19.7 Å². The Balaban J connectivity index is 1.77. The highest BCUT2D eigenvalue weighted by molar-refractivity contribution is 4.80. The van der Waals surface area contributed by atoms with Gasteiger partial charge in [-0.15, -0.1) is 0 Å². The van der Waals surface area contributed by atoms with Gasteiger partial charge in [-0.2, -0.15) is 0 Å². The number of rotatable bonds is 4. The van der Waals surface area contributed by atoms with E-state index in [9.17, 15) is 0 Å². The largest absolute Gasteiger partial charge is 0.375 e. The third-order valence-electron chi connectivity index (χ3n) is 4.27. The highest BCUT2D eigenvalue weighted by Crippen LogP contribution is 2.19. The molecule has 0 bridgehead atoms. The lowest BCUT2D eigenvalue weighted by molar-refractivity contribution is -0.0503. The summed E-state index contributed by atoms with van der Waals surface area (Å²) < 4.78 is 5.92. The molecule has 2 atom stereocenters. The van der Waals surface area contributed by atoms with E-state index in [4.69, 9.17) is 4.74 Å². The number of nitrogens with zero attached hydrogens (tertiary/aromatic N) is 2. The number of likely N-dealkylation sites (tertiary alicyclic amines) is 1. The number of hydrogen-bond donors (Lipinski definition) is 0. The molecule has 0 aromatic carbocycles. The SMILES string of the molecule is CC(C)N1CCOC(CC(C)N2CCCC2)C1. The average Bonchev–Trinajstić information content (AvgIpc) is 2.82. The molecule has 0 aromatic heterocycles. The minimum Gasteiger partial charge on any atom is -0.375 e. The average molecular weight is 240 g/mol. The summed E-state index contributed by atoms with van der Waals surface area (Å²) in [6.07, 6.45) is 4.41. The molecule has 0 aromatic rings. The van der Waals surface area contributed by atoms with E-state index in [0.29, 0.717) is 18.2 Å². The second kappa shape index (κ2) is 6.17. The van der Waals surface area contributed by atoms with Crippen molar-refractivity contribution in [1.82, 2.24) is 9.80 Å². The van der Waals surface area contributed by atoms with Crippen molar-refractivity contribution >= 4 is 0 Å². The maximum absolute atomic E-state index is 5.92. The van der Waals surface area contributed by atoms with Crippen molar-refractivity contribution in [3.8, 4) is 0 Å². The first-order valence-corrected chi connectivity index (χ1v) is 7.26. The van der Waals surface area contributed by atoms with Crippen LogP contribution in [0.2, 0.25) is 0 Å². The molecule has 0 spiro atoms. The Hall–Kier alpha value is -0.120. The van der Waals surface area contributed by atoms with Crippen LogP contribution in [0, 0.1) is 0 Å². The summed E-state index contributed by atoms with van der Waals surface area (Å²) >= 11 is 0. The molecule has 0 N–H and O–H groups in total. The molecule has 17 heavy (non-hydrogen) atoms. The predicted octanol–water partition coefficient (Wildman–Crippen LogP) is 1.97. The van der Waals surface area contributed by atoms with Crippen LogP contribution in [0.25, 0.3) is 0 Å². The van der Waals surface area contributed by atoms with Gasteiger partial charge in [0.15, 0.2) is 0 Å². The molecule has 2 saturated heterocycles. The fourth-order valence-corrected chi connectivity index (χ4v) is 3.07. The van der Waals surface area contributed by atoms with E-state index in [1.807, 2.05) is 0 Å². The van der Waals surface area contributed by atoms with Crippen LogP contribution >= 0.6 is 0 Å². The highest BCUT2D eigenvalue weighted by atomic mass is 16.5. The zero-order chi connectivity index (χ0) is 12.3. The third-order valence-corrected chi connectivity index (χ3v) is 4.27. The summed E-state index contributed by atoms with van der Waals surface area (Å²) in [6.45, 7) is 12.7. The monoisotopic (exact) mass is 240 g/mol. The van der Waals surface area contributed by atoms with E-state index in [2.05, 4.69) is 30.6 Å². The molecular formula is C14H28N2O. The molecule has 3 heteroatoms. The molecule has 0 amide bonds. The molecule has 0 radical (unpaired) electrons. The van der Waals surface area contributed by atoms with E-state index >= 15 is 0 Å². The van der Waals surface area contributed by atoms with Crippen molar-refractivity contribution in [2.45, 2.75) is 58.2 Å². The van der Waals surface area contributed by atoms with Crippen molar-refractivity contribution in [1.29, 1.82) is 0 Å². The van der Waals surface area contributed by atoms with Crippen molar-refractivity contribution in [2.75, 3.05) is 32.8 Å². The maximum Gasteiger partial charge on any atom is 0.0717 e. The van der Waals surface area contributed by atoms with Gasteiger partial charge in [-0.05, 0) is 53.1 Å². The number of ether oxygens (including phenoxy) is 1. The Kier molecular flexibility index (Phi) is 4.83. The van der Waals surface area contributed by atoms with Crippen LogP contribution in [0.15, 0.2) is 0 Å². The molecule has 2 aliphatic rings. The van der Waals surface area contributed by atoms with Gasteiger partial charge in [0.2, 0.25) is 0 Å². The van der Waals surface area contributed by atoms with Gasteiger partial charge in [0, 0.05) is 25.2 Å².